The van der Waals surface area contributed by atoms with E-state index in [2.05, 4.69) is 15.2 Å². The molecular formula is C17H21ClN4O2. The van der Waals surface area contributed by atoms with Gasteiger partial charge in [0.15, 0.2) is 0 Å². The summed E-state index contributed by atoms with van der Waals surface area (Å²) in [6, 6.07) is 7.05. The van der Waals surface area contributed by atoms with Crippen LogP contribution in [-0.4, -0.2) is 55.2 Å². The minimum Gasteiger partial charge on any atom is -0.383 e. The Morgan fingerprint density at radius 3 is 2.92 bits per heavy atom. The van der Waals surface area contributed by atoms with Crippen molar-refractivity contribution >= 4 is 34.2 Å². The monoisotopic (exact) mass is 348 g/mol. The number of hydrogen-bond acceptors (Lipinski definition) is 5. The number of nitrogens with one attached hydrogen (secondary N) is 1. The number of anilines is 1. The summed E-state index contributed by atoms with van der Waals surface area (Å²) in [6.07, 6.45) is 0.887. The molecule has 0 saturated carbocycles. The average Bonchev–Trinajstić information content (AvgIpc) is 2.59. The zero-order valence-corrected chi connectivity index (χ0v) is 14.2. The lowest BCUT2D eigenvalue weighted by atomic mass is 10.1. The third-order valence-electron chi connectivity index (χ3n) is 4.09. The lowest BCUT2D eigenvalue weighted by molar-refractivity contribution is 0.0374. The molecule has 1 amide bonds. The van der Waals surface area contributed by atoms with E-state index in [0.29, 0.717) is 17.1 Å². The number of fused-ring (bicyclic) bond motifs is 1. The molecule has 3 N–H and O–H groups in total. The second kappa shape index (κ2) is 7.79. The van der Waals surface area contributed by atoms with Crippen LogP contribution in [0.1, 0.15) is 16.8 Å². The van der Waals surface area contributed by atoms with Gasteiger partial charge in [-0.25, -0.2) is 4.98 Å². The Bertz CT molecular complexity index is 732. The third kappa shape index (κ3) is 4.14. The van der Waals surface area contributed by atoms with E-state index in [9.17, 15) is 4.79 Å². The molecule has 0 aliphatic carbocycles. The van der Waals surface area contributed by atoms with Gasteiger partial charge in [-0.1, -0.05) is 11.6 Å². The number of carbonyl (C=O) groups is 1. The number of carbonyl (C=O) groups excluding carboxylic acids is 1. The van der Waals surface area contributed by atoms with Crippen molar-refractivity contribution in [3.63, 3.8) is 0 Å². The van der Waals surface area contributed by atoms with E-state index in [1.165, 1.54) is 0 Å². The second-order valence-corrected chi connectivity index (χ2v) is 6.26. The normalized spacial score (nSPS) is 15.5. The zero-order valence-electron chi connectivity index (χ0n) is 13.4. The van der Waals surface area contributed by atoms with Crippen LogP contribution in [0.3, 0.4) is 0 Å². The molecule has 1 aliphatic heterocycles. The average molecular weight is 349 g/mol. The van der Waals surface area contributed by atoms with E-state index in [1.54, 1.807) is 24.3 Å². The zero-order chi connectivity index (χ0) is 16.9. The smallest absolute Gasteiger partial charge is 0.255 e. The van der Waals surface area contributed by atoms with Gasteiger partial charge in [0.05, 0.1) is 24.3 Å². The Balaban J connectivity index is 1.58. The van der Waals surface area contributed by atoms with Gasteiger partial charge in [-0.2, -0.15) is 0 Å². The van der Waals surface area contributed by atoms with Gasteiger partial charge in [-0.05, 0) is 37.2 Å². The third-order valence-corrected chi connectivity index (χ3v) is 4.33. The first-order valence-corrected chi connectivity index (χ1v) is 8.45. The number of nitrogen functional groups attached to an aromatic ring is 1. The number of rotatable bonds is 5. The van der Waals surface area contributed by atoms with E-state index in [0.717, 1.165) is 50.2 Å². The highest BCUT2D eigenvalue weighted by Crippen LogP contribution is 2.22. The van der Waals surface area contributed by atoms with Crippen molar-refractivity contribution in [2.45, 2.75) is 6.42 Å². The van der Waals surface area contributed by atoms with Crippen molar-refractivity contribution in [1.82, 2.24) is 15.2 Å². The van der Waals surface area contributed by atoms with E-state index < -0.39 is 0 Å². The van der Waals surface area contributed by atoms with Crippen molar-refractivity contribution in [1.29, 1.82) is 0 Å². The number of aromatic nitrogens is 1. The number of amides is 1. The highest BCUT2D eigenvalue weighted by Gasteiger charge is 2.13. The van der Waals surface area contributed by atoms with Crippen LogP contribution in [0.15, 0.2) is 24.3 Å². The minimum atomic E-state index is -0.205. The maximum atomic E-state index is 12.3. The minimum absolute atomic E-state index is 0.205. The number of nitrogens with zero attached hydrogens (tertiary/aromatic N) is 2. The first kappa shape index (κ1) is 17.0. The summed E-state index contributed by atoms with van der Waals surface area (Å²) in [5, 5.41) is 4.31. The van der Waals surface area contributed by atoms with Gasteiger partial charge < -0.3 is 15.8 Å². The largest absolute Gasteiger partial charge is 0.383 e. The molecule has 3 rings (SSSR count). The van der Waals surface area contributed by atoms with Gasteiger partial charge in [-0.15, -0.1) is 0 Å². The Morgan fingerprint density at radius 1 is 1.33 bits per heavy atom. The molecule has 0 radical (unpaired) electrons. The number of hydrogen-bond donors (Lipinski definition) is 2. The molecule has 1 aromatic carbocycles. The van der Waals surface area contributed by atoms with Crippen molar-refractivity contribution in [2.24, 2.45) is 0 Å². The predicted octanol–water partition coefficient (Wildman–Crippen LogP) is 1.92. The van der Waals surface area contributed by atoms with Crippen LogP contribution in [0.2, 0.25) is 5.02 Å². The molecule has 24 heavy (non-hydrogen) atoms. The summed E-state index contributed by atoms with van der Waals surface area (Å²) in [4.78, 5) is 19.0. The number of nitrogens with two attached hydrogens (primary N) is 1. The number of benzene rings is 1. The molecule has 1 aliphatic rings. The van der Waals surface area contributed by atoms with Crippen molar-refractivity contribution in [3.8, 4) is 0 Å². The van der Waals surface area contributed by atoms with Crippen LogP contribution >= 0.6 is 11.6 Å². The van der Waals surface area contributed by atoms with E-state index in [-0.39, 0.29) is 11.7 Å². The fraction of sp³-hybridized carbons (Fsp3) is 0.412. The quantitative estimate of drug-likeness (QED) is 0.807. The van der Waals surface area contributed by atoms with Gasteiger partial charge in [0.1, 0.15) is 5.82 Å². The van der Waals surface area contributed by atoms with Gasteiger partial charge in [0, 0.05) is 30.0 Å². The molecule has 1 aromatic heterocycles. The van der Waals surface area contributed by atoms with Crippen LogP contribution in [0.4, 0.5) is 5.82 Å². The molecule has 7 heteroatoms. The van der Waals surface area contributed by atoms with Gasteiger partial charge in [0.25, 0.3) is 5.91 Å². The maximum absolute atomic E-state index is 12.3. The van der Waals surface area contributed by atoms with E-state index in [4.69, 9.17) is 22.1 Å². The molecule has 6 nitrogen and oxygen atoms in total. The number of pyridine rings is 1. The predicted molar refractivity (Wildman–Crippen MR) is 95.4 cm³/mol. The highest BCUT2D eigenvalue weighted by molar-refractivity contribution is 6.31. The van der Waals surface area contributed by atoms with E-state index >= 15 is 0 Å². The fourth-order valence-corrected chi connectivity index (χ4v) is 2.95. The second-order valence-electron chi connectivity index (χ2n) is 5.82. The summed E-state index contributed by atoms with van der Waals surface area (Å²) >= 11 is 5.99. The van der Waals surface area contributed by atoms with Crippen molar-refractivity contribution in [2.75, 3.05) is 45.1 Å². The van der Waals surface area contributed by atoms with E-state index in [1.807, 2.05) is 0 Å². The summed E-state index contributed by atoms with van der Waals surface area (Å²) < 4.78 is 5.32. The first-order chi connectivity index (χ1) is 11.6. The highest BCUT2D eigenvalue weighted by atomic mass is 35.5. The van der Waals surface area contributed by atoms with Crippen LogP contribution in [0.5, 0.6) is 0 Å². The Morgan fingerprint density at radius 2 is 2.12 bits per heavy atom. The molecule has 0 bridgehead atoms. The van der Waals surface area contributed by atoms with Gasteiger partial charge >= 0.3 is 0 Å². The fourth-order valence-electron chi connectivity index (χ4n) is 2.77. The summed E-state index contributed by atoms with van der Waals surface area (Å²) in [7, 11) is 0. The molecule has 0 unspecified atom stereocenters. The lowest BCUT2D eigenvalue weighted by Gasteiger charge is -2.26. The molecule has 2 aromatic rings. The van der Waals surface area contributed by atoms with Crippen molar-refractivity contribution < 1.29 is 9.53 Å². The SMILES string of the molecule is Nc1nc2ccc(Cl)cc2cc1C(=O)NCCCN1CCOCC1. The molecular weight excluding hydrogens is 328 g/mol. The van der Waals surface area contributed by atoms with Gasteiger partial charge in [-0.3, -0.25) is 9.69 Å². The van der Waals surface area contributed by atoms with Crippen LogP contribution < -0.4 is 11.1 Å². The molecule has 128 valence electrons. The standard InChI is InChI=1S/C17H21ClN4O2/c18-13-2-3-15-12(10-13)11-14(16(19)21-15)17(23)20-4-1-5-22-6-8-24-9-7-22/h2-3,10-11H,1,4-9H2,(H2,19,21)(H,20,23). The number of morpholine rings is 1. The van der Waals surface area contributed by atoms with Crippen LogP contribution in [0.25, 0.3) is 10.9 Å². The molecule has 2 heterocycles. The summed E-state index contributed by atoms with van der Waals surface area (Å²) in [5.41, 5.74) is 7.03. The molecule has 0 spiro atoms. The maximum Gasteiger partial charge on any atom is 0.255 e. The van der Waals surface area contributed by atoms with Gasteiger partial charge in [0.2, 0.25) is 0 Å². The number of halogens is 1. The summed E-state index contributed by atoms with van der Waals surface area (Å²) in [6.45, 7) is 5.03. The first-order valence-electron chi connectivity index (χ1n) is 8.07. The van der Waals surface area contributed by atoms with Crippen LogP contribution in [-0.2, 0) is 4.74 Å². The Kier molecular flexibility index (Phi) is 5.50. The van der Waals surface area contributed by atoms with Crippen LogP contribution in [0, 0.1) is 0 Å². The topological polar surface area (TPSA) is 80.5 Å². The van der Waals surface area contributed by atoms with Crippen molar-refractivity contribution in [3.05, 3.63) is 34.9 Å². The lowest BCUT2D eigenvalue weighted by Crippen LogP contribution is -2.38. The molecule has 0 atom stereocenters. The Hall–Kier alpha value is -1.89. The number of ether oxygens (including phenoxy) is 1. The molecule has 1 fully saturated rings. The summed E-state index contributed by atoms with van der Waals surface area (Å²) in [5.74, 6) is 0.0272. The Labute approximate surface area is 145 Å². The molecule has 1 saturated heterocycles.